The Balaban J connectivity index is 1.51. The highest BCUT2D eigenvalue weighted by Gasteiger charge is 2.33. The maximum Gasteiger partial charge on any atom is 0.226 e. The maximum absolute atomic E-state index is 12.6. The quantitative estimate of drug-likeness (QED) is 0.692. The van der Waals surface area contributed by atoms with E-state index in [-0.39, 0.29) is 11.8 Å². The van der Waals surface area contributed by atoms with E-state index < -0.39 is 0 Å². The van der Waals surface area contributed by atoms with E-state index >= 15 is 0 Å². The summed E-state index contributed by atoms with van der Waals surface area (Å²) in [5, 5.41) is 16.5. The number of aromatic nitrogens is 4. The van der Waals surface area contributed by atoms with Crippen LogP contribution < -0.4 is 15.0 Å². The highest BCUT2D eigenvalue weighted by atomic mass is 16.5. The Labute approximate surface area is 180 Å². The Hall–Kier alpha value is -3.46. The number of rotatable bonds is 4. The van der Waals surface area contributed by atoms with E-state index in [4.69, 9.17) is 14.6 Å². The van der Waals surface area contributed by atoms with Gasteiger partial charge in [-0.25, -0.2) is 0 Å². The monoisotopic (exact) mass is 420 g/mol. The number of hydrogen-bond acceptors (Lipinski definition) is 7. The lowest BCUT2D eigenvalue weighted by Crippen LogP contribution is -2.36. The Morgan fingerprint density at radius 3 is 2.65 bits per heavy atom. The van der Waals surface area contributed by atoms with Gasteiger partial charge in [-0.15, -0.1) is 10.2 Å². The molecule has 1 amide bonds. The van der Waals surface area contributed by atoms with Crippen LogP contribution in [0.3, 0.4) is 0 Å². The summed E-state index contributed by atoms with van der Waals surface area (Å²) in [6, 6.07) is 11.6. The second-order valence-corrected chi connectivity index (χ2v) is 7.69. The fraction of sp³-hybridized carbons (Fsp3) is 0.364. The van der Waals surface area contributed by atoms with Crippen LogP contribution in [-0.2, 0) is 9.53 Å². The van der Waals surface area contributed by atoms with Crippen molar-refractivity contribution in [2.75, 3.05) is 43.6 Å². The second kappa shape index (κ2) is 7.99. The van der Waals surface area contributed by atoms with Crippen LogP contribution in [0.1, 0.15) is 29.2 Å². The van der Waals surface area contributed by atoms with E-state index in [1.807, 2.05) is 43.3 Å². The lowest BCUT2D eigenvalue weighted by molar-refractivity contribution is -0.116. The normalized spacial score (nSPS) is 18.5. The number of nitrogens with one attached hydrogen (secondary N) is 1. The average molecular weight is 420 g/mol. The summed E-state index contributed by atoms with van der Waals surface area (Å²) in [7, 11) is 1.64. The van der Waals surface area contributed by atoms with Crippen LogP contribution in [0.15, 0.2) is 36.4 Å². The van der Waals surface area contributed by atoms with Gasteiger partial charge in [-0.05, 0) is 36.8 Å². The summed E-state index contributed by atoms with van der Waals surface area (Å²) in [6.45, 7) is 4.92. The molecule has 5 rings (SSSR count). The molecule has 0 aliphatic carbocycles. The van der Waals surface area contributed by atoms with Crippen molar-refractivity contribution in [1.29, 1.82) is 0 Å². The highest BCUT2D eigenvalue weighted by Crippen LogP contribution is 2.40. The van der Waals surface area contributed by atoms with Gasteiger partial charge in [0.15, 0.2) is 11.6 Å². The van der Waals surface area contributed by atoms with Crippen LogP contribution in [0.2, 0.25) is 0 Å². The van der Waals surface area contributed by atoms with E-state index in [1.165, 1.54) is 0 Å². The zero-order chi connectivity index (χ0) is 21.4. The fourth-order valence-electron chi connectivity index (χ4n) is 4.25. The molecule has 0 unspecified atom stereocenters. The molecule has 0 saturated carbocycles. The van der Waals surface area contributed by atoms with Gasteiger partial charge in [-0.2, -0.15) is 9.78 Å². The summed E-state index contributed by atoms with van der Waals surface area (Å²) in [5.41, 5.74) is 2.86. The summed E-state index contributed by atoms with van der Waals surface area (Å²) in [6.07, 6.45) is 0.356. The van der Waals surface area contributed by atoms with E-state index in [2.05, 4.69) is 20.4 Å². The van der Waals surface area contributed by atoms with Crippen LogP contribution in [-0.4, -0.2) is 59.3 Å². The van der Waals surface area contributed by atoms with E-state index in [0.717, 1.165) is 41.5 Å². The van der Waals surface area contributed by atoms with Gasteiger partial charge in [0.25, 0.3) is 0 Å². The number of benzene rings is 1. The Morgan fingerprint density at radius 2 is 1.90 bits per heavy atom. The molecular formula is C22H24N6O3. The molecule has 1 atom stereocenters. The number of anilines is 2. The van der Waals surface area contributed by atoms with Gasteiger partial charge in [-0.1, -0.05) is 12.1 Å². The topological polar surface area (TPSA) is 94.4 Å². The number of fused-ring (bicyclic) bond motifs is 1. The van der Waals surface area contributed by atoms with Gasteiger partial charge in [-0.3, -0.25) is 4.79 Å². The van der Waals surface area contributed by atoms with Crippen molar-refractivity contribution in [3.63, 3.8) is 0 Å². The van der Waals surface area contributed by atoms with Crippen molar-refractivity contribution in [3.05, 3.63) is 53.2 Å². The Morgan fingerprint density at radius 1 is 1.13 bits per heavy atom. The lowest BCUT2D eigenvalue weighted by atomic mass is 9.86. The van der Waals surface area contributed by atoms with E-state index in [1.54, 1.807) is 11.8 Å². The minimum atomic E-state index is -0.104. The van der Waals surface area contributed by atoms with E-state index in [9.17, 15) is 4.79 Å². The van der Waals surface area contributed by atoms with Crippen molar-refractivity contribution >= 4 is 17.5 Å². The van der Waals surface area contributed by atoms with Crippen molar-refractivity contribution in [2.45, 2.75) is 19.3 Å². The summed E-state index contributed by atoms with van der Waals surface area (Å²) < 4.78 is 12.4. The van der Waals surface area contributed by atoms with Gasteiger partial charge < -0.3 is 19.7 Å². The SMILES string of the molecule is COc1cccc([C@H]2CC(=O)Nc3c2c(C)nn3-c2ccc(N3CCOCC3)nn2)c1. The number of aryl methyl sites for hydroxylation is 1. The molecule has 3 aromatic rings. The number of methoxy groups -OCH3 is 1. The van der Waals surface area contributed by atoms with Gasteiger partial charge in [0.1, 0.15) is 11.6 Å². The number of carbonyl (C=O) groups is 1. The molecule has 31 heavy (non-hydrogen) atoms. The maximum atomic E-state index is 12.6. The molecule has 160 valence electrons. The number of amides is 1. The Kier molecular flexibility index (Phi) is 5.03. The standard InChI is InChI=1S/C22H24N6O3/c1-14-21-17(15-4-3-5-16(12-15)30-2)13-20(29)23-22(21)28(26-14)19-7-6-18(24-25-19)27-8-10-31-11-9-27/h3-7,12,17H,8-11,13H2,1-2H3,(H,23,29)/t17-/m1/s1. The predicted molar refractivity (Wildman–Crippen MR) is 115 cm³/mol. The van der Waals surface area contributed by atoms with Crippen LogP contribution in [0.25, 0.3) is 5.82 Å². The van der Waals surface area contributed by atoms with Gasteiger partial charge in [0.05, 0.1) is 26.0 Å². The average Bonchev–Trinajstić information content (AvgIpc) is 3.15. The molecule has 0 radical (unpaired) electrons. The second-order valence-electron chi connectivity index (χ2n) is 7.69. The molecule has 2 aliphatic rings. The minimum absolute atomic E-state index is 0.0561. The first-order chi connectivity index (χ1) is 15.1. The zero-order valence-electron chi connectivity index (χ0n) is 17.5. The van der Waals surface area contributed by atoms with Gasteiger partial charge in [0, 0.05) is 31.0 Å². The molecule has 9 nitrogen and oxygen atoms in total. The first-order valence-corrected chi connectivity index (χ1v) is 10.3. The predicted octanol–water partition coefficient (Wildman–Crippen LogP) is 2.29. The van der Waals surface area contributed by atoms with Crippen LogP contribution in [0.4, 0.5) is 11.6 Å². The molecule has 1 fully saturated rings. The Bertz CT molecular complexity index is 1100. The first kappa shape index (κ1) is 19.5. The molecule has 2 aromatic heterocycles. The van der Waals surface area contributed by atoms with Crippen molar-refractivity contribution in [2.24, 2.45) is 0 Å². The smallest absolute Gasteiger partial charge is 0.226 e. The van der Waals surface area contributed by atoms with Crippen molar-refractivity contribution < 1.29 is 14.3 Å². The number of carbonyl (C=O) groups excluding carboxylic acids is 1. The first-order valence-electron chi connectivity index (χ1n) is 10.3. The van der Waals surface area contributed by atoms with Gasteiger partial charge in [0.2, 0.25) is 5.91 Å². The molecule has 1 aromatic carbocycles. The molecule has 1 saturated heterocycles. The van der Waals surface area contributed by atoms with Crippen molar-refractivity contribution in [3.8, 4) is 11.6 Å². The lowest BCUT2D eigenvalue weighted by Gasteiger charge is -2.27. The molecule has 9 heteroatoms. The van der Waals surface area contributed by atoms with Crippen LogP contribution >= 0.6 is 0 Å². The third kappa shape index (κ3) is 3.61. The molecule has 4 heterocycles. The van der Waals surface area contributed by atoms with Gasteiger partial charge >= 0.3 is 0 Å². The third-order valence-corrected chi connectivity index (χ3v) is 5.79. The number of ether oxygens (including phenoxy) is 2. The highest BCUT2D eigenvalue weighted by molar-refractivity contribution is 5.95. The van der Waals surface area contributed by atoms with E-state index in [0.29, 0.717) is 31.3 Å². The number of hydrogen-bond donors (Lipinski definition) is 1. The molecule has 2 aliphatic heterocycles. The summed E-state index contributed by atoms with van der Waals surface area (Å²) in [5.74, 6) is 2.62. The van der Waals surface area contributed by atoms with Crippen LogP contribution in [0.5, 0.6) is 5.75 Å². The third-order valence-electron chi connectivity index (χ3n) is 5.79. The fourth-order valence-corrected chi connectivity index (χ4v) is 4.25. The zero-order valence-corrected chi connectivity index (χ0v) is 17.5. The number of morpholine rings is 1. The van der Waals surface area contributed by atoms with Crippen molar-refractivity contribution in [1.82, 2.24) is 20.0 Å². The molecule has 1 N–H and O–H groups in total. The van der Waals surface area contributed by atoms with Crippen LogP contribution in [0, 0.1) is 6.92 Å². The minimum Gasteiger partial charge on any atom is -0.497 e. The number of nitrogens with zero attached hydrogens (tertiary/aromatic N) is 5. The molecular weight excluding hydrogens is 396 g/mol. The summed E-state index contributed by atoms with van der Waals surface area (Å²) >= 11 is 0. The summed E-state index contributed by atoms with van der Waals surface area (Å²) in [4.78, 5) is 14.7. The largest absolute Gasteiger partial charge is 0.497 e. The molecule has 0 spiro atoms. The molecule has 0 bridgehead atoms.